The number of fused-ring (bicyclic) bond motifs is 1. The average molecular weight is 325 g/mol. The predicted molar refractivity (Wildman–Crippen MR) is 84.4 cm³/mol. The molecule has 0 aliphatic rings. The highest BCUT2D eigenvalue weighted by molar-refractivity contribution is 5.52. The highest BCUT2D eigenvalue weighted by Crippen LogP contribution is 2.18. The molecule has 4 rings (SSSR count). The van der Waals surface area contributed by atoms with E-state index in [0.717, 1.165) is 0 Å². The normalized spacial score (nSPS) is 11.0. The second-order valence-corrected chi connectivity index (χ2v) is 4.97. The second-order valence-electron chi connectivity index (χ2n) is 4.97. The topological polar surface area (TPSA) is 107 Å². The monoisotopic (exact) mass is 325 g/mol. The smallest absolute Gasteiger partial charge is 0.259 e. The number of aromatic nitrogens is 5. The van der Waals surface area contributed by atoms with E-state index in [1.807, 2.05) is 0 Å². The second kappa shape index (κ2) is 5.61. The van der Waals surface area contributed by atoms with E-state index in [9.17, 15) is 4.39 Å². The third-order valence-corrected chi connectivity index (χ3v) is 3.37. The molecule has 0 unspecified atom stereocenters. The van der Waals surface area contributed by atoms with Crippen molar-refractivity contribution in [3.8, 4) is 11.6 Å². The SMILES string of the molecule is Nc1nc(NCc2ccccc2F)nc2nc(-c3ccco3)nn12. The third-order valence-electron chi connectivity index (χ3n) is 3.37. The van der Waals surface area contributed by atoms with Gasteiger partial charge in [-0.1, -0.05) is 18.2 Å². The maximum Gasteiger partial charge on any atom is 0.259 e. The number of benzene rings is 1. The van der Waals surface area contributed by atoms with E-state index in [4.69, 9.17) is 10.2 Å². The Bertz CT molecular complexity index is 996. The molecule has 24 heavy (non-hydrogen) atoms. The number of rotatable bonds is 4. The van der Waals surface area contributed by atoms with E-state index in [-0.39, 0.29) is 30.0 Å². The lowest BCUT2D eigenvalue weighted by atomic mass is 10.2. The Balaban J connectivity index is 1.64. The van der Waals surface area contributed by atoms with Gasteiger partial charge in [-0.25, -0.2) is 4.39 Å². The van der Waals surface area contributed by atoms with Gasteiger partial charge in [0.15, 0.2) is 5.76 Å². The standard InChI is InChI=1S/C15H12FN7O/c16-10-5-2-1-4-9(10)8-18-14-20-13(17)23-15(21-14)19-12(22-23)11-6-3-7-24-11/h1-7H,8H2,(H3,17,18,19,20,21,22). The maximum atomic E-state index is 13.6. The summed E-state index contributed by atoms with van der Waals surface area (Å²) in [7, 11) is 0. The number of anilines is 2. The fraction of sp³-hybridized carbons (Fsp3) is 0.0667. The van der Waals surface area contributed by atoms with Crippen LogP contribution < -0.4 is 11.1 Å². The van der Waals surface area contributed by atoms with Crippen molar-refractivity contribution in [2.75, 3.05) is 11.1 Å². The maximum absolute atomic E-state index is 13.6. The van der Waals surface area contributed by atoms with Crippen molar-refractivity contribution in [3.63, 3.8) is 0 Å². The molecule has 0 bridgehead atoms. The van der Waals surface area contributed by atoms with Gasteiger partial charge in [0.05, 0.1) is 6.26 Å². The Morgan fingerprint density at radius 3 is 2.79 bits per heavy atom. The Morgan fingerprint density at radius 2 is 2.00 bits per heavy atom. The summed E-state index contributed by atoms with van der Waals surface area (Å²) < 4.78 is 20.2. The van der Waals surface area contributed by atoms with Gasteiger partial charge in [0.25, 0.3) is 5.78 Å². The molecule has 3 heterocycles. The van der Waals surface area contributed by atoms with Gasteiger partial charge < -0.3 is 15.5 Å². The van der Waals surface area contributed by atoms with Gasteiger partial charge in [-0.2, -0.15) is 19.5 Å². The molecule has 0 radical (unpaired) electrons. The number of nitrogens with two attached hydrogens (primary N) is 1. The largest absolute Gasteiger partial charge is 0.461 e. The fourth-order valence-corrected chi connectivity index (χ4v) is 2.21. The van der Waals surface area contributed by atoms with Crippen LogP contribution in [-0.4, -0.2) is 24.6 Å². The van der Waals surface area contributed by atoms with Gasteiger partial charge >= 0.3 is 0 Å². The molecule has 0 amide bonds. The highest BCUT2D eigenvalue weighted by atomic mass is 19.1. The first-order valence-electron chi connectivity index (χ1n) is 7.12. The molecule has 3 N–H and O–H groups in total. The van der Waals surface area contributed by atoms with E-state index in [1.54, 1.807) is 30.3 Å². The lowest BCUT2D eigenvalue weighted by Crippen LogP contribution is -2.10. The molecule has 0 fully saturated rings. The van der Waals surface area contributed by atoms with Crippen molar-refractivity contribution in [1.29, 1.82) is 0 Å². The van der Waals surface area contributed by atoms with Crippen molar-refractivity contribution < 1.29 is 8.81 Å². The zero-order valence-electron chi connectivity index (χ0n) is 12.3. The number of furan rings is 1. The molecule has 8 nitrogen and oxygen atoms in total. The van der Waals surface area contributed by atoms with Crippen molar-refractivity contribution in [2.24, 2.45) is 0 Å². The van der Waals surface area contributed by atoms with Crippen LogP contribution in [0.4, 0.5) is 16.3 Å². The van der Waals surface area contributed by atoms with Crippen molar-refractivity contribution >= 4 is 17.7 Å². The van der Waals surface area contributed by atoms with Crippen LogP contribution in [0, 0.1) is 5.82 Å². The Morgan fingerprint density at radius 1 is 1.12 bits per heavy atom. The predicted octanol–water partition coefficient (Wildman–Crippen LogP) is 2.11. The van der Waals surface area contributed by atoms with Crippen LogP contribution in [0.25, 0.3) is 17.4 Å². The van der Waals surface area contributed by atoms with Crippen LogP contribution in [0.1, 0.15) is 5.56 Å². The van der Waals surface area contributed by atoms with Crippen LogP contribution in [0.2, 0.25) is 0 Å². The van der Waals surface area contributed by atoms with Gasteiger partial charge in [-0.15, -0.1) is 5.10 Å². The lowest BCUT2D eigenvalue weighted by Gasteiger charge is -2.06. The zero-order chi connectivity index (χ0) is 16.5. The van der Waals surface area contributed by atoms with E-state index >= 15 is 0 Å². The first-order valence-corrected chi connectivity index (χ1v) is 7.12. The van der Waals surface area contributed by atoms with Gasteiger partial charge in [-0.05, 0) is 18.2 Å². The molecule has 0 saturated carbocycles. The van der Waals surface area contributed by atoms with Gasteiger partial charge in [0.1, 0.15) is 5.82 Å². The number of nitrogens with zero attached hydrogens (tertiary/aromatic N) is 5. The molecular weight excluding hydrogens is 313 g/mol. The molecule has 0 spiro atoms. The Kier molecular flexibility index (Phi) is 3.30. The summed E-state index contributed by atoms with van der Waals surface area (Å²) in [6, 6.07) is 9.92. The van der Waals surface area contributed by atoms with Crippen molar-refractivity contribution in [3.05, 3.63) is 54.0 Å². The minimum atomic E-state index is -0.304. The van der Waals surface area contributed by atoms with Crippen molar-refractivity contribution in [1.82, 2.24) is 24.6 Å². The van der Waals surface area contributed by atoms with Crippen LogP contribution >= 0.6 is 0 Å². The average Bonchev–Trinajstić information content (AvgIpc) is 3.23. The van der Waals surface area contributed by atoms with Gasteiger partial charge in [-0.3, -0.25) is 0 Å². The first kappa shape index (κ1) is 14.1. The van der Waals surface area contributed by atoms with E-state index in [1.165, 1.54) is 16.8 Å². The Labute approximate surface area is 135 Å². The summed E-state index contributed by atoms with van der Waals surface area (Å²) in [6.45, 7) is 0.224. The van der Waals surface area contributed by atoms with Crippen LogP contribution in [0.3, 0.4) is 0 Å². The number of hydrogen-bond acceptors (Lipinski definition) is 7. The van der Waals surface area contributed by atoms with Crippen LogP contribution in [-0.2, 0) is 6.54 Å². The molecule has 0 aliphatic carbocycles. The minimum absolute atomic E-state index is 0.112. The van der Waals surface area contributed by atoms with E-state index < -0.39 is 0 Å². The highest BCUT2D eigenvalue weighted by Gasteiger charge is 2.13. The lowest BCUT2D eigenvalue weighted by molar-refractivity contribution is 0.577. The molecule has 0 saturated heterocycles. The minimum Gasteiger partial charge on any atom is -0.461 e. The van der Waals surface area contributed by atoms with Crippen LogP contribution in [0.5, 0.6) is 0 Å². The van der Waals surface area contributed by atoms with Gasteiger partial charge in [0, 0.05) is 12.1 Å². The molecular formula is C15H12FN7O. The number of hydrogen-bond donors (Lipinski definition) is 2. The molecule has 120 valence electrons. The molecule has 9 heteroatoms. The molecule has 3 aromatic heterocycles. The summed E-state index contributed by atoms with van der Waals surface area (Å²) in [6.07, 6.45) is 1.53. The number of halogens is 1. The summed E-state index contributed by atoms with van der Waals surface area (Å²) >= 11 is 0. The number of nitrogen functional groups attached to an aromatic ring is 1. The van der Waals surface area contributed by atoms with E-state index in [0.29, 0.717) is 17.1 Å². The summed E-state index contributed by atoms with van der Waals surface area (Å²) in [5.41, 5.74) is 6.38. The van der Waals surface area contributed by atoms with Crippen molar-refractivity contribution in [2.45, 2.75) is 6.54 Å². The molecule has 4 aromatic rings. The first-order chi connectivity index (χ1) is 11.7. The fourth-order valence-electron chi connectivity index (χ4n) is 2.21. The van der Waals surface area contributed by atoms with E-state index in [2.05, 4.69) is 25.4 Å². The summed E-state index contributed by atoms with van der Waals surface area (Å²) in [4.78, 5) is 12.6. The van der Waals surface area contributed by atoms with Crippen LogP contribution in [0.15, 0.2) is 47.1 Å². The number of nitrogens with one attached hydrogen (secondary N) is 1. The van der Waals surface area contributed by atoms with Gasteiger partial charge in [0.2, 0.25) is 17.7 Å². The summed E-state index contributed by atoms with van der Waals surface area (Å²) in [5.74, 6) is 1.17. The zero-order valence-corrected chi connectivity index (χ0v) is 12.3. The molecule has 0 aliphatic heterocycles. The quantitative estimate of drug-likeness (QED) is 0.591. The Hall–Kier alpha value is -3.49. The third kappa shape index (κ3) is 2.51. The molecule has 1 aromatic carbocycles. The summed E-state index contributed by atoms with van der Waals surface area (Å²) in [5, 5.41) is 7.13. The molecule has 0 atom stereocenters.